The number of carbonyl (C=O) groups excluding carboxylic acids is 1. The Morgan fingerprint density at radius 2 is 2.21 bits per heavy atom. The number of nitrogens with two attached hydrogens (primary N) is 1. The summed E-state index contributed by atoms with van der Waals surface area (Å²) in [5, 5.41) is 3.01. The third-order valence-corrected chi connectivity index (χ3v) is 4.39. The topological polar surface area (TPSA) is 64.4 Å². The Morgan fingerprint density at radius 3 is 2.84 bits per heavy atom. The average Bonchev–Trinajstić information content (AvgIpc) is 2.78. The summed E-state index contributed by atoms with van der Waals surface area (Å²) in [6.07, 6.45) is 3.86. The van der Waals surface area contributed by atoms with Crippen LogP contribution < -0.4 is 15.8 Å². The third-order valence-electron chi connectivity index (χ3n) is 4.39. The molecule has 2 aliphatic rings. The van der Waals surface area contributed by atoms with E-state index in [-0.39, 0.29) is 17.4 Å². The number of amides is 1. The second kappa shape index (κ2) is 4.85. The second-order valence-electron chi connectivity index (χ2n) is 5.60. The van der Waals surface area contributed by atoms with Crippen LogP contribution in [0, 0.1) is 5.41 Å². The van der Waals surface area contributed by atoms with Crippen LogP contribution in [0.5, 0.6) is 5.75 Å². The second-order valence-corrected chi connectivity index (χ2v) is 5.60. The van der Waals surface area contributed by atoms with E-state index in [9.17, 15) is 4.79 Å². The van der Waals surface area contributed by atoms with Gasteiger partial charge in [-0.25, -0.2) is 0 Å². The first-order valence-corrected chi connectivity index (χ1v) is 6.96. The Bertz CT molecular complexity index is 452. The predicted molar refractivity (Wildman–Crippen MR) is 72.9 cm³/mol. The summed E-state index contributed by atoms with van der Waals surface area (Å²) >= 11 is 0. The molecular formula is C15H20N2O2. The Labute approximate surface area is 113 Å². The first-order valence-electron chi connectivity index (χ1n) is 6.96. The van der Waals surface area contributed by atoms with Crippen LogP contribution in [0.15, 0.2) is 24.3 Å². The summed E-state index contributed by atoms with van der Waals surface area (Å²) < 4.78 is 5.81. The van der Waals surface area contributed by atoms with Crippen molar-refractivity contribution in [3.8, 4) is 5.75 Å². The van der Waals surface area contributed by atoms with Gasteiger partial charge in [0, 0.05) is 13.0 Å². The molecule has 1 aromatic carbocycles. The van der Waals surface area contributed by atoms with Gasteiger partial charge in [0.1, 0.15) is 11.9 Å². The zero-order valence-corrected chi connectivity index (χ0v) is 11.0. The number of para-hydroxylation sites is 1. The summed E-state index contributed by atoms with van der Waals surface area (Å²) in [4.78, 5) is 12.2. The zero-order chi connectivity index (χ0) is 13.3. The SMILES string of the molecule is NCC1(C(=O)NCC2Cc3ccccc3O2)CCC1. The van der Waals surface area contributed by atoms with Gasteiger partial charge in [0.05, 0.1) is 12.0 Å². The van der Waals surface area contributed by atoms with Gasteiger partial charge in [-0.3, -0.25) is 4.79 Å². The van der Waals surface area contributed by atoms with Crippen molar-refractivity contribution >= 4 is 5.91 Å². The minimum absolute atomic E-state index is 0.0521. The van der Waals surface area contributed by atoms with Crippen molar-refractivity contribution in [2.24, 2.45) is 11.1 Å². The van der Waals surface area contributed by atoms with Crippen molar-refractivity contribution in [3.05, 3.63) is 29.8 Å². The quantitative estimate of drug-likeness (QED) is 0.856. The molecule has 1 atom stereocenters. The maximum atomic E-state index is 12.2. The largest absolute Gasteiger partial charge is 0.488 e. The monoisotopic (exact) mass is 260 g/mol. The molecule has 3 rings (SSSR count). The van der Waals surface area contributed by atoms with E-state index in [1.54, 1.807) is 0 Å². The lowest BCUT2D eigenvalue weighted by molar-refractivity contribution is -0.135. The van der Waals surface area contributed by atoms with Crippen LogP contribution in [0.25, 0.3) is 0 Å². The fraction of sp³-hybridized carbons (Fsp3) is 0.533. The van der Waals surface area contributed by atoms with Crippen LogP contribution in [-0.2, 0) is 11.2 Å². The molecule has 3 N–H and O–H groups in total. The molecule has 0 saturated heterocycles. The Morgan fingerprint density at radius 1 is 1.42 bits per heavy atom. The molecule has 0 spiro atoms. The molecule has 0 aromatic heterocycles. The highest BCUT2D eigenvalue weighted by molar-refractivity contribution is 5.83. The molecule has 1 aliphatic carbocycles. The highest BCUT2D eigenvalue weighted by Gasteiger charge is 2.42. The van der Waals surface area contributed by atoms with Crippen molar-refractivity contribution < 1.29 is 9.53 Å². The van der Waals surface area contributed by atoms with Crippen molar-refractivity contribution in [2.75, 3.05) is 13.1 Å². The molecule has 1 aliphatic heterocycles. The van der Waals surface area contributed by atoms with Crippen molar-refractivity contribution in [2.45, 2.75) is 31.8 Å². The number of rotatable bonds is 4. The smallest absolute Gasteiger partial charge is 0.227 e. The minimum atomic E-state index is -0.300. The normalized spacial score (nSPS) is 23.1. The van der Waals surface area contributed by atoms with Crippen LogP contribution in [0.1, 0.15) is 24.8 Å². The van der Waals surface area contributed by atoms with E-state index in [0.29, 0.717) is 13.1 Å². The fourth-order valence-electron chi connectivity index (χ4n) is 2.89. The summed E-state index contributed by atoms with van der Waals surface area (Å²) in [7, 11) is 0. The van der Waals surface area contributed by atoms with Gasteiger partial charge in [-0.15, -0.1) is 0 Å². The zero-order valence-electron chi connectivity index (χ0n) is 11.0. The number of ether oxygens (including phenoxy) is 1. The van der Waals surface area contributed by atoms with Crippen LogP contribution in [-0.4, -0.2) is 25.1 Å². The van der Waals surface area contributed by atoms with E-state index in [4.69, 9.17) is 10.5 Å². The molecule has 0 bridgehead atoms. The van der Waals surface area contributed by atoms with E-state index in [0.717, 1.165) is 31.4 Å². The van der Waals surface area contributed by atoms with E-state index in [1.165, 1.54) is 5.56 Å². The average molecular weight is 260 g/mol. The molecule has 1 heterocycles. The van der Waals surface area contributed by atoms with E-state index < -0.39 is 0 Å². The lowest BCUT2D eigenvalue weighted by Gasteiger charge is -2.39. The van der Waals surface area contributed by atoms with E-state index in [2.05, 4.69) is 11.4 Å². The van der Waals surface area contributed by atoms with Crippen LogP contribution >= 0.6 is 0 Å². The summed E-state index contributed by atoms with van der Waals surface area (Å²) in [5.74, 6) is 1.04. The molecule has 1 unspecified atom stereocenters. The molecule has 19 heavy (non-hydrogen) atoms. The molecular weight excluding hydrogens is 240 g/mol. The number of fused-ring (bicyclic) bond motifs is 1. The van der Waals surface area contributed by atoms with Gasteiger partial charge in [-0.05, 0) is 24.5 Å². The van der Waals surface area contributed by atoms with Crippen molar-refractivity contribution in [1.29, 1.82) is 0 Å². The van der Waals surface area contributed by atoms with Gasteiger partial charge in [0.2, 0.25) is 5.91 Å². The van der Waals surface area contributed by atoms with Gasteiger partial charge in [0.15, 0.2) is 0 Å². The summed E-state index contributed by atoms with van der Waals surface area (Å²) in [6, 6.07) is 8.04. The van der Waals surface area contributed by atoms with E-state index in [1.807, 2.05) is 18.2 Å². The van der Waals surface area contributed by atoms with Crippen LogP contribution in [0.4, 0.5) is 0 Å². The standard InChI is InChI=1S/C15H20N2O2/c16-10-15(6-3-7-15)14(18)17-9-12-8-11-4-1-2-5-13(11)19-12/h1-2,4-5,12H,3,6-10,16H2,(H,17,18). The summed E-state index contributed by atoms with van der Waals surface area (Å²) in [5.41, 5.74) is 6.65. The van der Waals surface area contributed by atoms with Gasteiger partial charge < -0.3 is 15.8 Å². The first kappa shape index (κ1) is 12.5. The van der Waals surface area contributed by atoms with E-state index >= 15 is 0 Å². The van der Waals surface area contributed by atoms with Gasteiger partial charge in [-0.1, -0.05) is 24.6 Å². The molecule has 102 valence electrons. The summed E-state index contributed by atoms with van der Waals surface area (Å²) in [6.45, 7) is 1.01. The number of carbonyl (C=O) groups is 1. The molecule has 1 fully saturated rings. The predicted octanol–water partition coefficient (Wildman–Crippen LogP) is 1.24. The molecule has 4 heteroatoms. The first-order chi connectivity index (χ1) is 9.23. The van der Waals surface area contributed by atoms with Gasteiger partial charge in [-0.2, -0.15) is 0 Å². The van der Waals surface area contributed by atoms with Crippen molar-refractivity contribution in [3.63, 3.8) is 0 Å². The Kier molecular flexibility index (Phi) is 3.19. The van der Waals surface area contributed by atoms with Gasteiger partial charge >= 0.3 is 0 Å². The third kappa shape index (κ3) is 2.21. The van der Waals surface area contributed by atoms with Crippen LogP contribution in [0.3, 0.4) is 0 Å². The number of benzene rings is 1. The number of nitrogens with one attached hydrogen (secondary N) is 1. The highest BCUT2D eigenvalue weighted by Crippen LogP contribution is 2.40. The molecule has 1 amide bonds. The Balaban J connectivity index is 1.53. The lowest BCUT2D eigenvalue weighted by atomic mass is 9.68. The fourth-order valence-corrected chi connectivity index (χ4v) is 2.89. The molecule has 0 radical (unpaired) electrons. The highest BCUT2D eigenvalue weighted by atomic mass is 16.5. The molecule has 1 saturated carbocycles. The lowest BCUT2D eigenvalue weighted by Crippen LogP contribution is -2.51. The molecule has 1 aromatic rings. The number of hydrogen-bond acceptors (Lipinski definition) is 3. The van der Waals surface area contributed by atoms with Crippen LogP contribution in [0.2, 0.25) is 0 Å². The van der Waals surface area contributed by atoms with Gasteiger partial charge in [0.25, 0.3) is 0 Å². The Hall–Kier alpha value is -1.55. The maximum Gasteiger partial charge on any atom is 0.227 e. The minimum Gasteiger partial charge on any atom is -0.488 e. The van der Waals surface area contributed by atoms with Crippen molar-refractivity contribution in [1.82, 2.24) is 5.32 Å². The molecule has 4 nitrogen and oxygen atoms in total. The maximum absolute atomic E-state index is 12.2. The number of hydrogen-bond donors (Lipinski definition) is 2.